The molecule has 0 aromatic heterocycles. The van der Waals surface area contributed by atoms with Crippen LogP contribution in [0.15, 0.2) is 0 Å². The van der Waals surface area contributed by atoms with Crippen LogP contribution >= 0.6 is 11.8 Å². The van der Waals surface area contributed by atoms with E-state index in [4.69, 9.17) is 25.5 Å². The van der Waals surface area contributed by atoms with Gasteiger partial charge in [-0.15, -0.1) is 0 Å². The molecule has 0 aliphatic carbocycles. The van der Waals surface area contributed by atoms with Gasteiger partial charge in [-0.2, -0.15) is 0 Å². The summed E-state index contributed by atoms with van der Waals surface area (Å²) in [5.74, 6) is 0.596. The van der Waals surface area contributed by atoms with E-state index in [0.717, 1.165) is 0 Å². The second kappa shape index (κ2) is 6.69. The lowest BCUT2D eigenvalue weighted by Crippen LogP contribution is -3.00. The molecular formula is C4H13ClN2O3SSi. The van der Waals surface area contributed by atoms with Gasteiger partial charge in [0.1, 0.15) is 0 Å². The molecule has 0 saturated heterocycles. The van der Waals surface area contributed by atoms with Gasteiger partial charge in [-0.25, -0.2) is 0 Å². The van der Waals surface area contributed by atoms with Crippen molar-refractivity contribution in [1.82, 2.24) is 0 Å². The Labute approximate surface area is 82.3 Å². The molecule has 0 fully saturated rings. The normalized spacial score (nSPS) is 10.6. The monoisotopic (exact) mass is 232 g/mol. The number of amidine groups is 1. The van der Waals surface area contributed by atoms with Crippen molar-refractivity contribution in [3.63, 3.8) is 0 Å². The van der Waals surface area contributed by atoms with Crippen molar-refractivity contribution < 1.29 is 32.2 Å². The highest BCUT2D eigenvalue weighted by Crippen LogP contribution is 2.06. The Morgan fingerprint density at radius 3 is 2.25 bits per heavy atom. The van der Waals surface area contributed by atoms with Crippen LogP contribution in [0.4, 0.5) is 0 Å². The SMILES string of the molecule is NC(=[NH2+])SCCC[Si](O)(O)O.[Cl-]. The first-order valence-corrected chi connectivity index (χ1v) is 6.13. The molecule has 0 rings (SSSR count). The predicted molar refractivity (Wildman–Crippen MR) is 45.4 cm³/mol. The zero-order valence-electron chi connectivity index (χ0n) is 6.40. The summed E-state index contributed by atoms with van der Waals surface area (Å²) >= 11 is 1.23. The van der Waals surface area contributed by atoms with Gasteiger partial charge in [-0.3, -0.25) is 11.1 Å². The second-order valence-electron chi connectivity index (χ2n) is 2.13. The summed E-state index contributed by atoms with van der Waals surface area (Å²) in [5.41, 5.74) is 5.12. The molecule has 12 heavy (non-hydrogen) atoms. The maximum Gasteiger partial charge on any atom is 0.492 e. The van der Waals surface area contributed by atoms with Crippen molar-refractivity contribution in [3.05, 3.63) is 0 Å². The van der Waals surface area contributed by atoms with Crippen molar-refractivity contribution in [2.75, 3.05) is 5.75 Å². The fraction of sp³-hybridized carbons (Fsp3) is 0.750. The summed E-state index contributed by atoms with van der Waals surface area (Å²) in [7, 11) is -3.83. The highest BCUT2D eigenvalue weighted by molar-refractivity contribution is 8.13. The van der Waals surface area contributed by atoms with Gasteiger partial charge < -0.3 is 26.8 Å². The summed E-state index contributed by atoms with van der Waals surface area (Å²) in [5, 5.41) is 5.38. The molecule has 0 atom stereocenters. The third-order valence-electron chi connectivity index (χ3n) is 0.925. The molecule has 0 aromatic rings. The van der Waals surface area contributed by atoms with E-state index in [1.165, 1.54) is 11.8 Å². The number of nitrogens with two attached hydrogens (primary N) is 2. The zero-order chi connectivity index (χ0) is 8.91. The minimum absolute atomic E-state index is 0. The molecule has 0 bridgehead atoms. The molecule has 0 aliphatic heterocycles. The predicted octanol–water partition coefficient (Wildman–Crippen LogP) is -5.90. The van der Waals surface area contributed by atoms with E-state index >= 15 is 0 Å². The van der Waals surface area contributed by atoms with E-state index in [2.05, 4.69) is 0 Å². The highest BCUT2D eigenvalue weighted by atomic mass is 35.5. The van der Waals surface area contributed by atoms with Crippen molar-refractivity contribution in [2.24, 2.45) is 5.73 Å². The molecule has 74 valence electrons. The molecule has 5 nitrogen and oxygen atoms in total. The molecule has 0 radical (unpaired) electrons. The Balaban J connectivity index is 0. The number of thioether (sulfide) groups is 1. The van der Waals surface area contributed by atoms with E-state index in [-0.39, 0.29) is 23.6 Å². The van der Waals surface area contributed by atoms with Crippen LogP contribution in [0.2, 0.25) is 6.04 Å². The van der Waals surface area contributed by atoms with Crippen LogP contribution in [-0.2, 0) is 0 Å². The minimum atomic E-state index is -3.83. The third kappa shape index (κ3) is 12.8. The number of rotatable bonds is 4. The van der Waals surface area contributed by atoms with Crippen molar-refractivity contribution in [1.29, 1.82) is 0 Å². The zero-order valence-corrected chi connectivity index (χ0v) is 8.98. The summed E-state index contributed by atoms with van der Waals surface area (Å²) in [4.78, 5) is 25.7. The van der Waals surface area contributed by atoms with E-state index in [1.54, 1.807) is 0 Å². The largest absolute Gasteiger partial charge is 1.00 e. The summed E-state index contributed by atoms with van der Waals surface area (Å²) in [6.07, 6.45) is 0.498. The molecule has 0 heterocycles. The summed E-state index contributed by atoms with van der Waals surface area (Å²) in [6.45, 7) is 0. The van der Waals surface area contributed by atoms with E-state index in [0.29, 0.717) is 12.2 Å². The van der Waals surface area contributed by atoms with Gasteiger partial charge in [0.15, 0.2) is 0 Å². The number of hydrogen-bond donors (Lipinski definition) is 5. The molecule has 0 spiro atoms. The molecule has 0 unspecified atom stereocenters. The molecule has 0 aliphatic rings. The lowest BCUT2D eigenvalue weighted by atomic mass is 10.6. The van der Waals surface area contributed by atoms with Crippen molar-refractivity contribution >= 4 is 25.7 Å². The van der Waals surface area contributed by atoms with Crippen molar-refractivity contribution in [2.45, 2.75) is 12.5 Å². The Bertz CT molecular complexity index is 143. The molecule has 0 saturated carbocycles. The van der Waals surface area contributed by atoms with Crippen LogP contribution in [-0.4, -0.2) is 34.1 Å². The quantitative estimate of drug-likeness (QED) is 0.143. The van der Waals surface area contributed by atoms with Crippen LogP contribution in [0.3, 0.4) is 0 Å². The van der Waals surface area contributed by atoms with Gasteiger partial charge in [0.25, 0.3) is 5.17 Å². The Morgan fingerprint density at radius 2 is 1.92 bits per heavy atom. The van der Waals surface area contributed by atoms with E-state index in [9.17, 15) is 0 Å². The fourth-order valence-electron chi connectivity index (χ4n) is 0.499. The van der Waals surface area contributed by atoms with Gasteiger partial charge in [-0.05, 0) is 18.2 Å². The van der Waals surface area contributed by atoms with Crippen LogP contribution in [0.1, 0.15) is 6.42 Å². The van der Waals surface area contributed by atoms with Crippen LogP contribution in [0, 0.1) is 0 Å². The first kappa shape index (κ1) is 14.7. The Hall–Kier alpha value is 0.207. The van der Waals surface area contributed by atoms with Crippen molar-refractivity contribution in [3.8, 4) is 0 Å². The van der Waals surface area contributed by atoms with E-state index < -0.39 is 8.80 Å². The first-order chi connectivity index (χ1) is 4.92. The highest BCUT2D eigenvalue weighted by Gasteiger charge is 2.25. The molecule has 8 heteroatoms. The fourth-order valence-corrected chi connectivity index (χ4v) is 1.93. The number of hydrogen-bond acceptors (Lipinski definition) is 4. The Morgan fingerprint density at radius 1 is 1.42 bits per heavy atom. The smallest absolute Gasteiger partial charge is 0.492 e. The molecule has 0 aromatic carbocycles. The lowest BCUT2D eigenvalue weighted by molar-refractivity contribution is -0.110. The summed E-state index contributed by atoms with van der Waals surface area (Å²) in [6, 6.07) is 0.0350. The molecular weight excluding hydrogens is 220 g/mol. The van der Waals surface area contributed by atoms with Crippen LogP contribution in [0.25, 0.3) is 0 Å². The first-order valence-electron chi connectivity index (χ1n) is 3.09. The van der Waals surface area contributed by atoms with Gasteiger partial charge in [0, 0.05) is 11.8 Å². The standard InChI is InChI=1S/C4H12N2O3SSi.ClH/c5-4(6)10-2-1-3-11(7,8)9;/h7-9H,1-3H2,(H3,5,6);1H. The average molecular weight is 233 g/mol. The third-order valence-corrected chi connectivity index (χ3v) is 2.78. The topological polar surface area (TPSA) is 112 Å². The van der Waals surface area contributed by atoms with Gasteiger partial charge in [0.2, 0.25) is 0 Å². The van der Waals surface area contributed by atoms with Gasteiger partial charge >= 0.3 is 8.80 Å². The van der Waals surface area contributed by atoms with Crippen LogP contribution in [0.5, 0.6) is 0 Å². The Kier molecular flexibility index (Phi) is 8.21. The lowest BCUT2D eigenvalue weighted by Gasteiger charge is -2.06. The van der Waals surface area contributed by atoms with E-state index in [1.807, 2.05) is 0 Å². The molecule has 7 N–H and O–H groups in total. The maximum atomic E-state index is 8.55. The molecule has 0 amide bonds. The minimum Gasteiger partial charge on any atom is -1.00 e. The van der Waals surface area contributed by atoms with Gasteiger partial charge in [0.05, 0.1) is 0 Å². The maximum absolute atomic E-state index is 8.55. The van der Waals surface area contributed by atoms with Crippen LogP contribution < -0.4 is 23.5 Å². The van der Waals surface area contributed by atoms with Gasteiger partial charge in [-0.1, -0.05) is 0 Å². The average Bonchev–Trinajstić information content (AvgIpc) is 1.78. The summed E-state index contributed by atoms with van der Waals surface area (Å²) < 4.78 is 0. The number of halogens is 1. The second-order valence-corrected chi connectivity index (χ2v) is 5.35.